The van der Waals surface area contributed by atoms with E-state index >= 15 is 0 Å². The van der Waals surface area contributed by atoms with Crippen LogP contribution in [-0.4, -0.2) is 22.1 Å². The SMILES string of the molecule is NS(=O)(=O)Nc1cccc(NS(=O)(=O)C2CCCCC2)c1. The van der Waals surface area contributed by atoms with Crippen molar-refractivity contribution < 1.29 is 16.8 Å². The Balaban J connectivity index is 2.13. The van der Waals surface area contributed by atoms with Crippen molar-refractivity contribution >= 4 is 31.6 Å². The minimum Gasteiger partial charge on any atom is -0.283 e. The van der Waals surface area contributed by atoms with Crippen molar-refractivity contribution in [3.8, 4) is 0 Å². The molecule has 0 radical (unpaired) electrons. The Morgan fingerprint density at radius 2 is 1.52 bits per heavy atom. The standard InChI is InChI=1S/C12H19N3O4S2/c13-21(18,19)15-11-6-4-5-10(9-11)14-20(16,17)12-7-2-1-3-8-12/h4-6,9,12,14-15H,1-3,7-8H2,(H2,13,18,19). The molecule has 7 nitrogen and oxygen atoms in total. The van der Waals surface area contributed by atoms with E-state index in [1.807, 2.05) is 0 Å². The number of hydrogen-bond acceptors (Lipinski definition) is 4. The van der Waals surface area contributed by atoms with E-state index in [0.717, 1.165) is 19.3 Å². The quantitative estimate of drug-likeness (QED) is 0.754. The van der Waals surface area contributed by atoms with Gasteiger partial charge in [0.1, 0.15) is 0 Å². The van der Waals surface area contributed by atoms with Crippen molar-refractivity contribution in [3.63, 3.8) is 0 Å². The Morgan fingerprint density at radius 3 is 2.10 bits per heavy atom. The topological polar surface area (TPSA) is 118 Å². The van der Waals surface area contributed by atoms with Crippen LogP contribution in [0.4, 0.5) is 11.4 Å². The first-order valence-corrected chi connectivity index (χ1v) is 9.78. The zero-order valence-corrected chi connectivity index (χ0v) is 13.1. The van der Waals surface area contributed by atoms with Crippen LogP contribution in [0.2, 0.25) is 0 Å². The molecule has 1 fully saturated rings. The summed E-state index contributed by atoms with van der Waals surface area (Å²) in [6, 6.07) is 5.99. The molecule has 0 saturated heterocycles. The number of sulfonamides is 1. The van der Waals surface area contributed by atoms with Crippen molar-refractivity contribution in [2.75, 3.05) is 9.44 Å². The molecule has 0 spiro atoms. The Bertz CT molecular complexity index is 695. The van der Waals surface area contributed by atoms with Crippen LogP contribution in [0, 0.1) is 0 Å². The van der Waals surface area contributed by atoms with E-state index in [1.165, 1.54) is 12.1 Å². The lowest BCUT2D eigenvalue weighted by Crippen LogP contribution is -2.29. The molecular formula is C12H19N3O4S2. The van der Waals surface area contributed by atoms with E-state index in [0.29, 0.717) is 18.5 Å². The van der Waals surface area contributed by atoms with Gasteiger partial charge in [-0.15, -0.1) is 0 Å². The summed E-state index contributed by atoms with van der Waals surface area (Å²) in [7, 11) is -7.34. The summed E-state index contributed by atoms with van der Waals surface area (Å²) in [5.74, 6) is 0. The van der Waals surface area contributed by atoms with Gasteiger partial charge in [-0.25, -0.2) is 13.6 Å². The van der Waals surface area contributed by atoms with Gasteiger partial charge in [0.15, 0.2) is 0 Å². The van der Waals surface area contributed by atoms with Crippen LogP contribution < -0.4 is 14.6 Å². The van der Waals surface area contributed by atoms with Gasteiger partial charge < -0.3 is 0 Å². The maximum absolute atomic E-state index is 12.3. The highest BCUT2D eigenvalue weighted by Gasteiger charge is 2.27. The fraction of sp³-hybridized carbons (Fsp3) is 0.500. The highest BCUT2D eigenvalue weighted by Crippen LogP contribution is 2.26. The van der Waals surface area contributed by atoms with Crippen LogP contribution in [0.25, 0.3) is 0 Å². The molecule has 0 heterocycles. The van der Waals surface area contributed by atoms with Gasteiger partial charge in [-0.2, -0.15) is 8.42 Å². The van der Waals surface area contributed by atoms with E-state index < -0.39 is 20.2 Å². The van der Waals surface area contributed by atoms with E-state index in [9.17, 15) is 16.8 Å². The lowest BCUT2D eigenvalue weighted by atomic mass is 10.0. The normalized spacial score (nSPS) is 17.4. The fourth-order valence-corrected chi connectivity index (χ4v) is 4.47. The predicted molar refractivity (Wildman–Crippen MR) is 82.6 cm³/mol. The van der Waals surface area contributed by atoms with Crippen molar-refractivity contribution in [1.29, 1.82) is 0 Å². The Labute approximate surface area is 125 Å². The van der Waals surface area contributed by atoms with Crippen molar-refractivity contribution in [3.05, 3.63) is 24.3 Å². The van der Waals surface area contributed by atoms with Gasteiger partial charge >= 0.3 is 0 Å². The molecule has 1 aliphatic rings. The highest BCUT2D eigenvalue weighted by molar-refractivity contribution is 7.93. The molecule has 21 heavy (non-hydrogen) atoms. The Kier molecular flexibility index (Phi) is 4.74. The van der Waals surface area contributed by atoms with E-state index in [1.54, 1.807) is 12.1 Å². The Hall–Kier alpha value is -1.32. The van der Waals surface area contributed by atoms with Crippen LogP contribution in [0.1, 0.15) is 32.1 Å². The van der Waals surface area contributed by atoms with Gasteiger partial charge in [-0.3, -0.25) is 9.44 Å². The maximum Gasteiger partial charge on any atom is 0.296 e. The lowest BCUT2D eigenvalue weighted by Gasteiger charge is -2.22. The van der Waals surface area contributed by atoms with Crippen molar-refractivity contribution in [2.24, 2.45) is 5.14 Å². The van der Waals surface area contributed by atoms with Crippen LogP contribution in [-0.2, 0) is 20.2 Å². The van der Waals surface area contributed by atoms with Gasteiger partial charge in [-0.05, 0) is 31.0 Å². The number of benzene rings is 1. The summed E-state index contributed by atoms with van der Waals surface area (Å²) in [5.41, 5.74) is 0.524. The fourth-order valence-electron chi connectivity index (χ4n) is 2.43. The largest absolute Gasteiger partial charge is 0.296 e. The minimum absolute atomic E-state index is 0.210. The molecule has 0 aliphatic heterocycles. The zero-order chi connectivity index (χ0) is 15.5. The molecule has 118 valence electrons. The van der Waals surface area contributed by atoms with Crippen LogP contribution in [0.5, 0.6) is 0 Å². The van der Waals surface area contributed by atoms with Crippen LogP contribution in [0.15, 0.2) is 24.3 Å². The third-order valence-corrected chi connectivity index (χ3v) is 5.76. The molecule has 1 aromatic carbocycles. The van der Waals surface area contributed by atoms with Crippen LogP contribution >= 0.6 is 0 Å². The average Bonchev–Trinajstić information content (AvgIpc) is 2.37. The molecule has 2 rings (SSSR count). The van der Waals surface area contributed by atoms with Gasteiger partial charge in [0.2, 0.25) is 10.0 Å². The second-order valence-electron chi connectivity index (χ2n) is 5.13. The third kappa shape index (κ3) is 4.87. The van der Waals surface area contributed by atoms with Gasteiger partial charge in [0.25, 0.3) is 10.2 Å². The van der Waals surface area contributed by atoms with E-state index in [2.05, 4.69) is 9.44 Å². The first-order chi connectivity index (χ1) is 9.76. The first kappa shape index (κ1) is 16.1. The maximum atomic E-state index is 12.3. The monoisotopic (exact) mass is 333 g/mol. The lowest BCUT2D eigenvalue weighted by molar-refractivity contribution is 0.486. The van der Waals surface area contributed by atoms with Crippen LogP contribution in [0.3, 0.4) is 0 Å². The smallest absolute Gasteiger partial charge is 0.283 e. The number of hydrogen-bond donors (Lipinski definition) is 3. The number of anilines is 2. The number of rotatable bonds is 5. The molecule has 0 atom stereocenters. The molecular weight excluding hydrogens is 314 g/mol. The molecule has 1 aromatic rings. The summed E-state index contributed by atoms with van der Waals surface area (Å²) in [6.45, 7) is 0. The molecule has 1 aliphatic carbocycles. The summed E-state index contributed by atoms with van der Waals surface area (Å²) < 4.78 is 51.1. The van der Waals surface area contributed by atoms with Gasteiger partial charge in [0.05, 0.1) is 16.6 Å². The van der Waals surface area contributed by atoms with Gasteiger partial charge in [-0.1, -0.05) is 25.3 Å². The molecule has 0 unspecified atom stereocenters. The molecule has 0 aromatic heterocycles. The minimum atomic E-state index is -3.89. The third-order valence-electron chi connectivity index (χ3n) is 3.37. The number of nitrogens with one attached hydrogen (secondary N) is 2. The molecule has 1 saturated carbocycles. The summed E-state index contributed by atoms with van der Waals surface area (Å²) >= 11 is 0. The highest BCUT2D eigenvalue weighted by atomic mass is 32.2. The second-order valence-corrected chi connectivity index (χ2v) is 8.39. The molecule has 0 amide bonds. The van der Waals surface area contributed by atoms with Crippen molar-refractivity contribution in [1.82, 2.24) is 0 Å². The van der Waals surface area contributed by atoms with E-state index in [-0.39, 0.29) is 10.9 Å². The first-order valence-electron chi connectivity index (χ1n) is 6.68. The number of nitrogens with two attached hydrogens (primary N) is 1. The van der Waals surface area contributed by atoms with Crippen molar-refractivity contribution in [2.45, 2.75) is 37.4 Å². The van der Waals surface area contributed by atoms with Gasteiger partial charge in [0, 0.05) is 0 Å². The predicted octanol–water partition coefficient (Wildman–Crippen LogP) is 1.38. The van der Waals surface area contributed by atoms with E-state index in [4.69, 9.17) is 5.14 Å². The average molecular weight is 333 g/mol. The molecule has 9 heteroatoms. The Morgan fingerprint density at radius 1 is 0.952 bits per heavy atom. The second kappa shape index (κ2) is 6.20. The molecule has 0 bridgehead atoms. The summed E-state index contributed by atoms with van der Waals surface area (Å²) in [6.07, 6.45) is 4.21. The zero-order valence-electron chi connectivity index (χ0n) is 11.4. The molecule has 4 N–H and O–H groups in total. The summed E-state index contributed by atoms with van der Waals surface area (Å²) in [4.78, 5) is 0. The summed E-state index contributed by atoms with van der Waals surface area (Å²) in [5, 5.41) is 4.50.